The van der Waals surface area contributed by atoms with Crippen molar-refractivity contribution in [1.82, 2.24) is 0 Å². The molecule has 0 spiro atoms. The fourth-order valence-corrected chi connectivity index (χ4v) is 2.37. The fourth-order valence-electron chi connectivity index (χ4n) is 1.65. The molecule has 0 bridgehead atoms. The Morgan fingerprint density at radius 3 is 2.25 bits per heavy atom. The molecule has 2 rings (SSSR count). The van der Waals surface area contributed by atoms with Gasteiger partial charge in [-0.3, -0.25) is 0 Å². The number of benzene rings is 2. The number of rotatable bonds is 2. The Hall–Kier alpha value is -1.42. The lowest BCUT2D eigenvalue weighted by molar-refractivity contribution is 0.262. The lowest BCUT2D eigenvalue weighted by atomic mass is 10.2. The summed E-state index contributed by atoms with van der Waals surface area (Å²) in [6.07, 6.45) is 0. The highest BCUT2D eigenvalue weighted by atomic mass is 35.5. The largest absolute Gasteiger partial charge is 0.323 e. The van der Waals surface area contributed by atoms with Gasteiger partial charge in [0.25, 0.3) is 0 Å². The molecule has 0 aliphatic carbocycles. The first kappa shape index (κ1) is 15.0. The summed E-state index contributed by atoms with van der Waals surface area (Å²) >= 11 is 17.8. The molecule has 6 heteroatoms. The van der Waals surface area contributed by atoms with Crippen molar-refractivity contribution >= 4 is 52.2 Å². The van der Waals surface area contributed by atoms with Crippen molar-refractivity contribution in [3.05, 3.63) is 57.0 Å². The SMILES string of the molecule is Cc1cc(Cl)ccc1NC(=O)Nc1c(Cl)cccc1Cl. The van der Waals surface area contributed by atoms with Crippen LogP contribution in [0.4, 0.5) is 16.2 Å². The number of nitrogens with one attached hydrogen (secondary N) is 2. The van der Waals surface area contributed by atoms with Gasteiger partial charge in [-0.05, 0) is 42.8 Å². The van der Waals surface area contributed by atoms with Crippen LogP contribution in [-0.4, -0.2) is 6.03 Å². The molecule has 3 nitrogen and oxygen atoms in total. The van der Waals surface area contributed by atoms with Gasteiger partial charge in [-0.1, -0.05) is 40.9 Å². The van der Waals surface area contributed by atoms with E-state index in [1.807, 2.05) is 6.92 Å². The van der Waals surface area contributed by atoms with Gasteiger partial charge in [0, 0.05) is 10.7 Å². The van der Waals surface area contributed by atoms with Crippen LogP contribution in [-0.2, 0) is 0 Å². The topological polar surface area (TPSA) is 41.1 Å². The molecule has 0 radical (unpaired) electrons. The van der Waals surface area contributed by atoms with Gasteiger partial charge >= 0.3 is 6.03 Å². The van der Waals surface area contributed by atoms with Crippen molar-refractivity contribution in [2.45, 2.75) is 6.92 Å². The molecule has 0 saturated heterocycles. The molecule has 0 unspecified atom stereocenters. The Morgan fingerprint density at radius 2 is 1.65 bits per heavy atom. The molecule has 0 aliphatic rings. The van der Waals surface area contributed by atoms with Gasteiger partial charge in [0.05, 0.1) is 15.7 Å². The van der Waals surface area contributed by atoms with Crippen LogP contribution >= 0.6 is 34.8 Å². The first-order valence-electron chi connectivity index (χ1n) is 5.75. The maximum Gasteiger partial charge on any atom is 0.323 e. The van der Waals surface area contributed by atoms with Crippen molar-refractivity contribution in [3.8, 4) is 0 Å². The first-order chi connectivity index (χ1) is 9.47. The average molecular weight is 330 g/mol. The van der Waals surface area contributed by atoms with E-state index in [-0.39, 0.29) is 0 Å². The van der Waals surface area contributed by atoms with Crippen molar-refractivity contribution < 1.29 is 4.79 Å². The second kappa shape index (κ2) is 6.35. The summed E-state index contributed by atoms with van der Waals surface area (Å²) in [5.41, 5.74) is 1.90. The average Bonchev–Trinajstić information content (AvgIpc) is 2.37. The molecule has 20 heavy (non-hydrogen) atoms. The molecule has 2 N–H and O–H groups in total. The molecule has 0 saturated carbocycles. The number of carbonyl (C=O) groups is 1. The van der Waals surface area contributed by atoms with Gasteiger partial charge in [0.2, 0.25) is 0 Å². The minimum absolute atomic E-state index is 0.375. The monoisotopic (exact) mass is 328 g/mol. The van der Waals surface area contributed by atoms with Crippen molar-refractivity contribution in [1.29, 1.82) is 0 Å². The summed E-state index contributed by atoms with van der Waals surface area (Å²) < 4.78 is 0. The number of para-hydroxylation sites is 1. The van der Waals surface area contributed by atoms with Gasteiger partial charge in [0.15, 0.2) is 0 Å². The van der Waals surface area contributed by atoms with Crippen LogP contribution in [0.5, 0.6) is 0 Å². The molecule has 0 atom stereocenters. The summed E-state index contributed by atoms with van der Waals surface area (Å²) in [5, 5.41) is 6.70. The van der Waals surface area contributed by atoms with E-state index in [0.29, 0.717) is 26.4 Å². The minimum Gasteiger partial charge on any atom is -0.307 e. The Balaban J connectivity index is 2.13. The summed E-state index contributed by atoms with van der Waals surface area (Å²) in [7, 11) is 0. The van der Waals surface area contributed by atoms with Gasteiger partial charge < -0.3 is 10.6 Å². The highest BCUT2D eigenvalue weighted by molar-refractivity contribution is 6.39. The van der Waals surface area contributed by atoms with E-state index in [2.05, 4.69) is 10.6 Å². The zero-order chi connectivity index (χ0) is 14.7. The maximum absolute atomic E-state index is 12.0. The van der Waals surface area contributed by atoms with Crippen LogP contribution in [0.2, 0.25) is 15.1 Å². The lowest BCUT2D eigenvalue weighted by Gasteiger charge is -2.12. The van der Waals surface area contributed by atoms with E-state index in [1.54, 1.807) is 36.4 Å². The number of hydrogen-bond donors (Lipinski definition) is 2. The highest BCUT2D eigenvalue weighted by Gasteiger charge is 2.10. The predicted octanol–water partition coefficient (Wildman–Crippen LogP) is 5.60. The highest BCUT2D eigenvalue weighted by Crippen LogP contribution is 2.30. The van der Waals surface area contributed by atoms with Crippen LogP contribution in [0.1, 0.15) is 5.56 Å². The normalized spacial score (nSPS) is 10.2. The fraction of sp³-hybridized carbons (Fsp3) is 0.0714. The molecule has 0 aliphatic heterocycles. The van der Waals surface area contributed by atoms with Crippen LogP contribution in [0.25, 0.3) is 0 Å². The number of amides is 2. The number of aryl methyl sites for hydroxylation is 1. The Labute approximate surface area is 131 Å². The van der Waals surface area contributed by atoms with E-state index in [9.17, 15) is 4.79 Å². The van der Waals surface area contributed by atoms with Gasteiger partial charge in [0.1, 0.15) is 0 Å². The molecule has 2 amide bonds. The number of halogens is 3. The van der Waals surface area contributed by atoms with E-state index in [4.69, 9.17) is 34.8 Å². The Bertz CT molecular complexity index is 639. The molecular weight excluding hydrogens is 319 g/mol. The van der Waals surface area contributed by atoms with Gasteiger partial charge in [-0.15, -0.1) is 0 Å². The Kier molecular flexibility index (Phi) is 4.76. The third kappa shape index (κ3) is 3.57. The third-order valence-corrected chi connectivity index (χ3v) is 3.50. The van der Waals surface area contributed by atoms with Crippen LogP contribution < -0.4 is 10.6 Å². The summed E-state index contributed by atoms with van der Waals surface area (Å²) in [6, 6.07) is 9.77. The molecule has 0 heterocycles. The molecular formula is C14H11Cl3N2O. The molecule has 2 aromatic rings. The number of urea groups is 1. The quantitative estimate of drug-likeness (QED) is 0.740. The molecule has 104 valence electrons. The first-order valence-corrected chi connectivity index (χ1v) is 6.89. The second-order valence-electron chi connectivity index (χ2n) is 4.14. The van der Waals surface area contributed by atoms with Crippen molar-refractivity contribution in [3.63, 3.8) is 0 Å². The van der Waals surface area contributed by atoms with Crippen LogP contribution in [0.15, 0.2) is 36.4 Å². The second-order valence-corrected chi connectivity index (χ2v) is 5.39. The van der Waals surface area contributed by atoms with E-state index >= 15 is 0 Å². The third-order valence-electron chi connectivity index (χ3n) is 2.64. The number of carbonyl (C=O) groups excluding carboxylic acids is 1. The standard InChI is InChI=1S/C14H11Cl3N2O/c1-8-7-9(15)5-6-12(8)18-14(20)19-13-10(16)3-2-4-11(13)17/h2-7H,1H3,(H2,18,19,20). The molecule has 0 aromatic heterocycles. The summed E-state index contributed by atoms with van der Waals surface area (Å²) in [5.74, 6) is 0. The lowest BCUT2D eigenvalue weighted by Crippen LogP contribution is -2.20. The van der Waals surface area contributed by atoms with E-state index in [0.717, 1.165) is 5.56 Å². The number of hydrogen-bond acceptors (Lipinski definition) is 1. The predicted molar refractivity (Wildman–Crippen MR) is 85.3 cm³/mol. The minimum atomic E-state index is -0.426. The summed E-state index contributed by atoms with van der Waals surface area (Å²) in [6.45, 7) is 1.85. The van der Waals surface area contributed by atoms with Crippen molar-refractivity contribution in [2.24, 2.45) is 0 Å². The molecule has 2 aromatic carbocycles. The maximum atomic E-state index is 12.0. The smallest absolute Gasteiger partial charge is 0.307 e. The zero-order valence-corrected chi connectivity index (χ0v) is 12.8. The van der Waals surface area contributed by atoms with E-state index in [1.165, 1.54) is 0 Å². The van der Waals surface area contributed by atoms with Gasteiger partial charge in [-0.2, -0.15) is 0 Å². The zero-order valence-electron chi connectivity index (χ0n) is 10.5. The van der Waals surface area contributed by atoms with E-state index < -0.39 is 6.03 Å². The van der Waals surface area contributed by atoms with Crippen molar-refractivity contribution in [2.75, 3.05) is 10.6 Å². The number of anilines is 2. The van der Waals surface area contributed by atoms with Crippen LogP contribution in [0, 0.1) is 6.92 Å². The Morgan fingerprint density at radius 1 is 1.00 bits per heavy atom. The van der Waals surface area contributed by atoms with Crippen LogP contribution in [0.3, 0.4) is 0 Å². The summed E-state index contributed by atoms with van der Waals surface area (Å²) in [4.78, 5) is 12.0. The van der Waals surface area contributed by atoms with Gasteiger partial charge in [-0.25, -0.2) is 4.79 Å². The molecule has 0 fully saturated rings.